The molecule has 2 aliphatic carbocycles. The Hall–Kier alpha value is -2.33. The molecule has 1 amide bonds. The van der Waals surface area contributed by atoms with Crippen molar-refractivity contribution in [3.63, 3.8) is 0 Å². The van der Waals surface area contributed by atoms with E-state index in [-0.39, 0.29) is 30.1 Å². The summed E-state index contributed by atoms with van der Waals surface area (Å²) < 4.78 is 5.72. The van der Waals surface area contributed by atoms with Crippen LogP contribution in [0.15, 0.2) is 48.5 Å². The minimum absolute atomic E-state index is 0.0593. The van der Waals surface area contributed by atoms with Crippen LogP contribution < -0.4 is 0 Å². The fourth-order valence-electron chi connectivity index (χ4n) is 4.85. The molecular weight excluding hydrogens is 314 g/mol. The number of carbonyl (C=O) groups is 1. The van der Waals surface area contributed by atoms with Crippen LogP contribution in [0.2, 0.25) is 0 Å². The van der Waals surface area contributed by atoms with E-state index in [9.17, 15) is 9.90 Å². The van der Waals surface area contributed by atoms with Crippen molar-refractivity contribution in [1.82, 2.24) is 4.90 Å². The minimum atomic E-state index is -0.236. The van der Waals surface area contributed by atoms with Gasteiger partial charge in [-0.3, -0.25) is 0 Å². The van der Waals surface area contributed by atoms with Gasteiger partial charge < -0.3 is 14.7 Å². The smallest absolute Gasteiger partial charge is 0.410 e. The molecule has 0 radical (unpaired) electrons. The first-order chi connectivity index (χ1) is 12.2. The number of aliphatic hydroxyl groups is 1. The van der Waals surface area contributed by atoms with Gasteiger partial charge in [-0.1, -0.05) is 48.5 Å². The van der Waals surface area contributed by atoms with Gasteiger partial charge in [-0.05, 0) is 35.1 Å². The average molecular weight is 335 g/mol. The Kier molecular flexibility index (Phi) is 3.19. The number of rotatable bonds is 3. The minimum Gasteiger partial charge on any atom is -0.448 e. The van der Waals surface area contributed by atoms with Gasteiger partial charge >= 0.3 is 6.09 Å². The van der Waals surface area contributed by atoms with Gasteiger partial charge in [0.1, 0.15) is 6.61 Å². The third kappa shape index (κ3) is 2.13. The van der Waals surface area contributed by atoms with Crippen LogP contribution in [0.25, 0.3) is 11.1 Å². The second kappa shape index (κ2) is 5.33. The lowest BCUT2D eigenvalue weighted by Gasteiger charge is -2.34. The predicted octanol–water partition coefficient (Wildman–Crippen LogP) is 3.39. The zero-order valence-corrected chi connectivity index (χ0v) is 14.0. The highest BCUT2D eigenvalue weighted by Gasteiger charge is 2.56. The van der Waals surface area contributed by atoms with Crippen molar-refractivity contribution in [1.29, 1.82) is 0 Å². The van der Waals surface area contributed by atoms with Gasteiger partial charge in [0.05, 0.1) is 6.61 Å². The number of aliphatic hydroxyl groups excluding tert-OH is 1. The Bertz CT molecular complexity index is 795. The lowest BCUT2D eigenvalue weighted by molar-refractivity contribution is 0.0785. The quantitative estimate of drug-likeness (QED) is 0.935. The summed E-state index contributed by atoms with van der Waals surface area (Å²) in [6, 6.07) is 17.0. The summed E-state index contributed by atoms with van der Waals surface area (Å²) >= 11 is 0. The van der Waals surface area contributed by atoms with E-state index in [1.54, 1.807) is 0 Å². The monoisotopic (exact) mass is 335 g/mol. The standard InChI is InChI=1S/C21H21NO3/c23-13-21-9-14(10-21)22(12-21)20(24)25-11-19-17-7-3-1-5-15(17)16-6-2-4-8-18(16)19/h1-8,14,19,23H,9-13H2. The number of nitrogens with zero attached hydrogens (tertiary/aromatic N) is 1. The van der Waals surface area contributed by atoms with E-state index < -0.39 is 0 Å². The molecule has 25 heavy (non-hydrogen) atoms. The maximum atomic E-state index is 12.5. The second-order valence-corrected chi connectivity index (χ2v) is 7.65. The van der Waals surface area contributed by atoms with Gasteiger partial charge in [-0.2, -0.15) is 0 Å². The first kappa shape index (κ1) is 15.0. The maximum absolute atomic E-state index is 12.5. The van der Waals surface area contributed by atoms with E-state index in [0.717, 1.165) is 12.8 Å². The van der Waals surface area contributed by atoms with Crippen LogP contribution in [0.3, 0.4) is 0 Å². The molecule has 4 aliphatic rings. The highest BCUT2D eigenvalue weighted by Crippen LogP contribution is 2.51. The van der Waals surface area contributed by atoms with Crippen LogP contribution in [-0.2, 0) is 4.74 Å². The van der Waals surface area contributed by atoms with Gasteiger partial charge in [0.2, 0.25) is 0 Å². The van der Waals surface area contributed by atoms with E-state index in [2.05, 4.69) is 36.4 Å². The van der Waals surface area contributed by atoms with Crippen LogP contribution in [0.1, 0.15) is 29.9 Å². The van der Waals surface area contributed by atoms with Gasteiger partial charge in [0.25, 0.3) is 0 Å². The van der Waals surface area contributed by atoms with Crippen molar-refractivity contribution in [3.05, 3.63) is 59.7 Å². The predicted molar refractivity (Wildman–Crippen MR) is 94.3 cm³/mol. The van der Waals surface area contributed by atoms with E-state index in [4.69, 9.17) is 4.74 Å². The Balaban J connectivity index is 1.34. The first-order valence-corrected chi connectivity index (χ1v) is 8.93. The molecule has 2 aromatic carbocycles. The number of fused-ring (bicyclic) bond motifs is 4. The molecule has 2 saturated heterocycles. The van der Waals surface area contributed by atoms with Crippen molar-refractivity contribution in [2.45, 2.75) is 24.8 Å². The molecule has 4 heteroatoms. The normalized spacial score (nSPS) is 26.1. The number of hydrogen-bond acceptors (Lipinski definition) is 3. The molecule has 2 heterocycles. The molecule has 1 saturated carbocycles. The number of ether oxygens (including phenoxy) is 1. The van der Waals surface area contributed by atoms with Crippen LogP contribution in [-0.4, -0.2) is 41.9 Å². The molecule has 4 nitrogen and oxygen atoms in total. The third-order valence-electron chi connectivity index (χ3n) is 6.19. The highest BCUT2D eigenvalue weighted by atomic mass is 16.6. The topological polar surface area (TPSA) is 49.8 Å². The second-order valence-electron chi connectivity index (χ2n) is 7.65. The van der Waals surface area contributed by atoms with E-state index in [0.29, 0.717) is 13.2 Å². The van der Waals surface area contributed by atoms with E-state index in [1.165, 1.54) is 22.3 Å². The van der Waals surface area contributed by atoms with Crippen LogP contribution in [0.5, 0.6) is 0 Å². The SMILES string of the molecule is O=C(OCC1c2ccccc2-c2ccccc21)N1CC2(CO)CC1C2. The van der Waals surface area contributed by atoms with Crippen molar-refractivity contribution in [3.8, 4) is 11.1 Å². The molecule has 0 atom stereocenters. The van der Waals surface area contributed by atoms with Crippen molar-refractivity contribution < 1.29 is 14.6 Å². The van der Waals surface area contributed by atoms with E-state index >= 15 is 0 Å². The molecule has 0 unspecified atom stereocenters. The number of carbonyl (C=O) groups excluding carboxylic acids is 1. The van der Waals surface area contributed by atoms with Gasteiger partial charge in [0.15, 0.2) is 0 Å². The number of hydrogen-bond donors (Lipinski definition) is 1. The summed E-state index contributed by atoms with van der Waals surface area (Å²) in [4.78, 5) is 14.4. The molecule has 1 N–H and O–H groups in total. The molecule has 2 aliphatic heterocycles. The van der Waals surface area contributed by atoms with Gasteiger partial charge in [-0.25, -0.2) is 4.79 Å². The summed E-state index contributed by atoms with van der Waals surface area (Å²) in [7, 11) is 0. The Labute approximate surface area is 147 Å². The molecule has 0 spiro atoms. The van der Waals surface area contributed by atoms with Crippen LogP contribution in [0.4, 0.5) is 4.79 Å². The Morgan fingerprint density at radius 3 is 2.24 bits per heavy atom. The summed E-state index contributed by atoms with van der Waals surface area (Å²) in [5.41, 5.74) is 4.88. The zero-order chi connectivity index (χ0) is 17.0. The zero-order valence-electron chi connectivity index (χ0n) is 14.0. The lowest BCUT2D eigenvalue weighted by atomic mass is 9.71. The van der Waals surface area contributed by atoms with Crippen LogP contribution in [0, 0.1) is 5.41 Å². The van der Waals surface area contributed by atoms with Crippen LogP contribution >= 0.6 is 0 Å². The van der Waals surface area contributed by atoms with Crippen molar-refractivity contribution in [2.75, 3.05) is 19.8 Å². The van der Waals surface area contributed by atoms with Crippen molar-refractivity contribution in [2.24, 2.45) is 5.41 Å². The summed E-state index contributed by atoms with van der Waals surface area (Å²) in [5, 5.41) is 9.50. The molecule has 3 fully saturated rings. The van der Waals surface area contributed by atoms with Gasteiger partial charge in [-0.15, -0.1) is 0 Å². The molecule has 128 valence electrons. The Morgan fingerprint density at radius 1 is 1.08 bits per heavy atom. The maximum Gasteiger partial charge on any atom is 0.410 e. The Morgan fingerprint density at radius 2 is 1.68 bits per heavy atom. The number of amides is 1. The fourth-order valence-corrected chi connectivity index (χ4v) is 4.85. The fraction of sp³-hybridized carbons (Fsp3) is 0.381. The molecule has 2 bridgehead atoms. The largest absolute Gasteiger partial charge is 0.448 e. The first-order valence-electron chi connectivity index (χ1n) is 8.93. The van der Waals surface area contributed by atoms with Gasteiger partial charge in [0, 0.05) is 23.9 Å². The third-order valence-corrected chi connectivity index (χ3v) is 6.19. The number of benzene rings is 2. The lowest BCUT2D eigenvalue weighted by Crippen LogP contribution is -2.38. The summed E-state index contributed by atoms with van der Waals surface area (Å²) in [5.74, 6) is 0.0979. The summed E-state index contributed by atoms with van der Waals surface area (Å²) in [6.45, 7) is 1.16. The molecule has 0 aromatic heterocycles. The summed E-state index contributed by atoms with van der Waals surface area (Å²) in [6.07, 6.45) is 1.58. The van der Waals surface area contributed by atoms with E-state index in [1.807, 2.05) is 17.0 Å². The highest BCUT2D eigenvalue weighted by molar-refractivity contribution is 5.79. The molecular formula is C21H21NO3. The molecule has 6 rings (SSSR count). The van der Waals surface area contributed by atoms with Crippen molar-refractivity contribution >= 4 is 6.09 Å². The molecule has 2 aromatic rings. The average Bonchev–Trinajstić information content (AvgIpc) is 3.28.